The molecule has 0 atom stereocenters. The van der Waals surface area contributed by atoms with Gasteiger partial charge in [0.25, 0.3) is 5.91 Å². The fraction of sp³-hybridized carbons (Fsp3) is 0.357. The first-order chi connectivity index (χ1) is 9.90. The Hall–Kier alpha value is -2.15. The molecule has 0 saturated carbocycles. The molecule has 0 radical (unpaired) electrons. The SMILES string of the molecule is CN(C)C(=O)CCNC(=O)COc1ccc(C(N)=S)cc1. The van der Waals surface area contributed by atoms with E-state index in [-0.39, 0.29) is 24.8 Å². The monoisotopic (exact) mass is 309 g/mol. The molecular formula is C14H19N3O3S. The number of nitrogens with two attached hydrogens (primary N) is 1. The van der Waals surface area contributed by atoms with Crippen molar-refractivity contribution in [2.24, 2.45) is 5.73 Å². The van der Waals surface area contributed by atoms with Crippen molar-refractivity contribution in [3.63, 3.8) is 0 Å². The average Bonchev–Trinajstić information content (AvgIpc) is 2.45. The third-order valence-electron chi connectivity index (χ3n) is 2.67. The van der Waals surface area contributed by atoms with Crippen LogP contribution in [-0.4, -0.2) is 48.9 Å². The van der Waals surface area contributed by atoms with E-state index in [4.69, 9.17) is 22.7 Å². The lowest BCUT2D eigenvalue weighted by atomic mass is 10.2. The topological polar surface area (TPSA) is 84.7 Å². The lowest BCUT2D eigenvalue weighted by molar-refractivity contribution is -0.128. The molecule has 0 heterocycles. The van der Waals surface area contributed by atoms with Gasteiger partial charge >= 0.3 is 0 Å². The van der Waals surface area contributed by atoms with E-state index in [9.17, 15) is 9.59 Å². The second kappa shape index (κ2) is 8.21. The summed E-state index contributed by atoms with van der Waals surface area (Å²) < 4.78 is 5.32. The van der Waals surface area contributed by atoms with Crippen molar-refractivity contribution in [1.82, 2.24) is 10.2 Å². The van der Waals surface area contributed by atoms with E-state index in [1.54, 1.807) is 38.4 Å². The second-order valence-corrected chi connectivity index (χ2v) is 5.01. The zero-order chi connectivity index (χ0) is 15.8. The van der Waals surface area contributed by atoms with Crippen LogP contribution in [0.2, 0.25) is 0 Å². The number of nitrogens with zero attached hydrogens (tertiary/aromatic N) is 1. The lowest BCUT2D eigenvalue weighted by Crippen LogP contribution is -2.33. The summed E-state index contributed by atoms with van der Waals surface area (Å²) in [6, 6.07) is 6.84. The van der Waals surface area contributed by atoms with Gasteiger partial charge in [-0.2, -0.15) is 0 Å². The maximum atomic E-state index is 11.5. The molecule has 0 aliphatic heterocycles. The molecule has 0 spiro atoms. The van der Waals surface area contributed by atoms with Gasteiger partial charge < -0.3 is 20.7 Å². The van der Waals surface area contributed by atoms with Gasteiger partial charge in [-0.1, -0.05) is 12.2 Å². The summed E-state index contributed by atoms with van der Waals surface area (Å²) in [5.74, 6) is 0.235. The molecule has 0 unspecified atom stereocenters. The minimum Gasteiger partial charge on any atom is -0.484 e. The van der Waals surface area contributed by atoms with Gasteiger partial charge in [-0.15, -0.1) is 0 Å². The van der Waals surface area contributed by atoms with Crippen LogP contribution in [-0.2, 0) is 9.59 Å². The summed E-state index contributed by atoms with van der Waals surface area (Å²) in [5, 5.41) is 2.62. The highest BCUT2D eigenvalue weighted by Crippen LogP contribution is 2.11. The smallest absolute Gasteiger partial charge is 0.257 e. The molecule has 1 aromatic carbocycles. The number of carbonyl (C=O) groups is 2. The Morgan fingerprint density at radius 2 is 1.90 bits per heavy atom. The normalized spacial score (nSPS) is 9.81. The van der Waals surface area contributed by atoms with Crippen molar-refractivity contribution in [3.8, 4) is 5.75 Å². The number of nitrogens with one attached hydrogen (secondary N) is 1. The molecule has 7 heteroatoms. The van der Waals surface area contributed by atoms with E-state index in [0.29, 0.717) is 17.3 Å². The maximum absolute atomic E-state index is 11.5. The van der Waals surface area contributed by atoms with Gasteiger partial charge in [0.2, 0.25) is 5.91 Å². The number of hydrogen-bond acceptors (Lipinski definition) is 4. The van der Waals surface area contributed by atoms with E-state index in [0.717, 1.165) is 5.56 Å². The predicted octanol–water partition coefficient (Wildman–Crippen LogP) is 0.294. The molecular weight excluding hydrogens is 290 g/mol. The van der Waals surface area contributed by atoms with E-state index in [1.165, 1.54) is 4.90 Å². The van der Waals surface area contributed by atoms with Crippen LogP contribution < -0.4 is 15.8 Å². The molecule has 21 heavy (non-hydrogen) atoms. The van der Waals surface area contributed by atoms with Gasteiger partial charge in [-0.3, -0.25) is 9.59 Å². The zero-order valence-corrected chi connectivity index (χ0v) is 12.9. The van der Waals surface area contributed by atoms with Crippen molar-refractivity contribution in [1.29, 1.82) is 0 Å². The predicted molar refractivity (Wildman–Crippen MR) is 84.1 cm³/mol. The second-order valence-electron chi connectivity index (χ2n) is 4.57. The van der Waals surface area contributed by atoms with Crippen molar-refractivity contribution < 1.29 is 14.3 Å². The average molecular weight is 309 g/mol. The summed E-state index contributed by atoms with van der Waals surface area (Å²) >= 11 is 4.84. The van der Waals surface area contributed by atoms with E-state index >= 15 is 0 Å². The fourth-order valence-corrected chi connectivity index (χ4v) is 1.58. The van der Waals surface area contributed by atoms with Crippen LogP contribution in [0, 0.1) is 0 Å². The molecule has 0 bridgehead atoms. The summed E-state index contributed by atoms with van der Waals surface area (Å²) in [5.41, 5.74) is 6.22. The van der Waals surface area contributed by atoms with Crippen molar-refractivity contribution >= 4 is 29.0 Å². The summed E-state index contributed by atoms with van der Waals surface area (Å²) in [6.07, 6.45) is 0.265. The van der Waals surface area contributed by atoms with Crippen molar-refractivity contribution in [2.45, 2.75) is 6.42 Å². The van der Waals surface area contributed by atoms with Crippen molar-refractivity contribution in [3.05, 3.63) is 29.8 Å². The van der Waals surface area contributed by atoms with E-state index < -0.39 is 0 Å². The molecule has 0 aromatic heterocycles. The highest BCUT2D eigenvalue weighted by Gasteiger charge is 2.06. The molecule has 0 saturated heterocycles. The molecule has 2 amide bonds. The van der Waals surface area contributed by atoms with Crippen LogP contribution in [0.5, 0.6) is 5.75 Å². The van der Waals surface area contributed by atoms with E-state index in [2.05, 4.69) is 5.32 Å². The quantitative estimate of drug-likeness (QED) is 0.707. The van der Waals surface area contributed by atoms with Crippen LogP contribution in [0.3, 0.4) is 0 Å². The number of hydrogen-bond donors (Lipinski definition) is 2. The lowest BCUT2D eigenvalue weighted by Gasteiger charge is -2.11. The number of thiocarbonyl (C=S) groups is 1. The number of amides is 2. The summed E-state index contributed by atoms with van der Waals surface area (Å²) in [4.78, 5) is 24.6. The van der Waals surface area contributed by atoms with Crippen LogP contribution in [0.1, 0.15) is 12.0 Å². The minimum absolute atomic E-state index is 0.0374. The molecule has 0 aliphatic carbocycles. The Balaban J connectivity index is 2.29. The maximum Gasteiger partial charge on any atom is 0.257 e. The van der Waals surface area contributed by atoms with Gasteiger partial charge in [-0.05, 0) is 24.3 Å². The molecule has 0 aliphatic rings. The van der Waals surface area contributed by atoms with Gasteiger partial charge in [0.1, 0.15) is 10.7 Å². The van der Waals surface area contributed by atoms with Crippen molar-refractivity contribution in [2.75, 3.05) is 27.2 Å². The first kappa shape index (κ1) is 16.9. The third-order valence-corrected chi connectivity index (χ3v) is 2.90. The zero-order valence-electron chi connectivity index (χ0n) is 12.1. The van der Waals surface area contributed by atoms with Gasteiger partial charge in [0, 0.05) is 32.6 Å². The van der Waals surface area contributed by atoms with Crippen LogP contribution in [0.4, 0.5) is 0 Å². The molecule has 1 aromatic rings. The molecule has 6 nitrogen and oxygen atoms in total. The Bertz CT molecular complexity index is 515. The number of carbonyl (C=O) groups excluding carboxylic acids is 2. The van der Waals surface area contributed by atoms with Crippen LogP contribution >= 0.6 is 12.2 Å². The van der Waals surface area contributed by atoms with Gasteiger partial charge in [0.15, 0.2) is 6.61 Å². The third kappa shape index (κ3) is 6.22. The molecule has 1 rings (SSSR count). The summed E-state index contributed by atoms with van der Waals surface area (Å²) in [6.45, 7) is 0.183. The largest absolute Gasteiger partial charge is 0.484 e. The minimum atomic E-state index is -0.278. The van der Waals surface area contributed by atoms with Crippen LogP contribution in [0.15, 0.2) is 24.3 Å². The summed E-state index contributed by atoms with van der Waals surface area (Å²) in [7, 11) is 3.34. The number of rotatable bonds is 7. The molecule has 0 fully saturated rings. The van der Waals surface area contributed by atoms with Gasteiger partial charge in [-0.25, -0.2) is 0 Å². The Kier molecular flexibility index (Phi) is 6.61. The Labute approximate surface area is 129 Å². The Morgan fingerprint density at radius 1 is 1.29 bits per heavy atom. The highest BCUT2D eigenvalue weighted by atomic mass is 32.1. The van der Waals surface area contributed by atoms with Crippen LogP contribution in [0.25, 0.3) is 0 Å². The first-order valence-electron chi connectivity index (χ1n) is 6.39. The standard InChI is InChI=1S/C14H19N3O3S/c1-17(2)13(19)7-8-16-12(18)9-20-11-5-3-10(4-6-11)14(15)21/h3-6H,7-9H2,1-2H3,(H2,15,21)(H,16,18). The highest BCUT2D eigenvalue weighted by molar-refractivity contribution is 7.80. The fourth-order valence-electron chi connectivity index (χ4n) is 1.45. The van der Waals surface area contributed by atoms with Gasteiger partial charge in [0.05, 0.1) is 0 Å². The Morgan fingerprint density at radius 3 is 2.43 bits per heavy atom. The number of benzene rings is 1. The van der Waals surface area contributed by atoms with E-state index in [1.807, 2.05) is 0 Å². The first-order valence-corrected chi connectivity index (χ1v) is 6.80. The molecule has 114 valence electrons. The number of ether oxygens (including phenoxy) is 1. The molecule has 3 N–H and O–H groups in total.